The predicted octanol–water partition coefficient (Wildman–Crippen LogP) is 2.85. The summed E-state index contributed by atoms with van der Waals surface area (Å²) >= 11 is 0. The van der Waals surface area contributed by atoms with Crippen LogP contribution in [0.3, 0.4) is 0 Å². The molecule has 0 saturated carbocycles. The van der Waals surface area contributed by atoms with Crippen LogP contribution >= 0.6 is 0 Å². The summed E-state index contributed by atoms with van der Waals surface area (Å²) in [4.78, 5) is 14.2. The lowest BCUT2D eigenvalue weighted by Crippen LogP contribution is -2.34. The number of amides is 2. The molecule has 0 bridgehead atoms. The molecule has 1 aliphatic heterocycles. The first-order chi connectivity index (χ1) is 11.1. The molecule has 23 heavy (non-hydrogen) atoms. The Morgan fingerprint density at radius 3 is 3.09 bits per heavy atom. The summed E-state index contributed by atoms with van der Waals surface area (Å²) in [5.41, 5.74) is 0.144. The van der Waals surface area contributed by atoms with Crippen molar-refractivity contribution in [2.75, 3.05) is 38.1 Å². The standard InChI is InChI=1S/C17H24FN3O2/c1-3-8-21-9-7-13(12-21)11-19-17(22)20-16-6-5-14(23-4-2)10-15(16)18/h3,5-6,10,13H,1,4,7-9,11-12H2,2H3,(H2,19,20,22). The molecular formula is C17H24FN3O2. The van der Waals surface area contributed by atoms with Gasteiger partial charge in [-0.15, -0.1) is 6.58 Å². The Hall–Kier alpha value is -2.08. The minimum absolute atomic E-state index is 0.144. The van der Waals surface area contributed by atoms with Gasteiger partial charge in [-0.05, 0) is 37.9 Å². The molecule has 1 fully saturated rings. The van der Waals surface area contributed by atoms with Crippen LogP contribution in [0.5, 0.6) is 5.75 Å². The van der Waals surface area contributed by atoms with E-state index in [-0.39, 0.29) is 5.69 Å². The molecule has 0 radical (unpaired) electrons. The van der Waals surface area contributed by atoms with Gasteiger partial charge in [0.25, 0.3) is 0 Å². The van der Waals surface area contributed by atoms with E-state index in [4.69, 9.17) is 4.74 Å². The van der Waals surface area contributed by atoms with E-state index in [2.05, 4.69) is 22.1 Å². The third kappa shape index (κ3) is 5.25. The van der Waals surface area contributed by atoms with Crippen molar-refractivity contribution in [1.29, 1.82) is 0 Å². The van der Waals surface area contributed by atoms with Gasteiger partial charge in [0.05, 0.1) is 12.3 Å². The van der Waals surface area contributed by atoms with E-state index in [1.807, 2.05) is 13.0 Å². The zero-order chi connectivity index (χ0) is 16.7. The van der Waals surface area contributed by atoms with Gasteiger partial charge in [-0.1, -0.05) is 6.08 Å². The van der Waals surface area contributed by atoms with Crippen LogP contribution in [-0.2, 0) is 0 Å². The zero-order valence-corrected chi connectivity index (χ0v) is 13.5. The Kier molecular flexibility index (Phi) is 6.40. The normalized spacial score (nSPS) is 17.7. The van der Waals surface area contributed by atoms with E-state index in [0.717, 1.165) is 26.1 Å². The van der Waals surface area contributed by atoms with Crippen molar-refractivity contribution in [1.82, 2.24) is 10.2 Å². The lowest BCUT2D eigenvalue weighted by molar-refractivity contribution is 0.250. The number of carbonyl (C=O) groups excluding carboxylic acids is 1. The van der Waals surface area contributed by atoms with Crippen molar-refractivity contribution in [3.63, 3.8) is 0 Å². The lowest BCUT2D eigenvalue weighted by Gasteiger charge is -2.14. The average Bonchev–Trinajstić information content (AvgIpc) is 2.96. The van der Waals surface area contributed by atoms with Gasteiger partial charge < -0.3 is 15.4 Å². The second-order valence-electron chi connectivity index (χ2n) is 5.61. The fourth-order valence-corrected chi connectivity index (χ4v) is 2.69. The van der Waals surface area contributed by atoms with E-state index in [9.17, 15) is 9.18 Å². The monoisotopic (exact) mass is 321 g/mol. The largest absolute Gasteiger partial charge is 0.494 e. The average molecular weight is 321 g/mol. The highest BCUT2D eigenvalue weighted by Crippen LogP contribution is 2.20. The Labute approximate surface area is 136 Å². The van der Waals surface area contributed by atoms with Gasteiger partial charge in [0, 0.05) is 25.7 Å². The second kappa shape index (κ2) is 8.53. The van der Waals surface area contributed by atoms with Crippen LogP contribution in [0.2, 0.25) is 0 Å². The number of nitrogens with one attached hydrogen (secondary N) is 2. The van der Waals surface area contributed by atoms with Crippen LogP contribution in [-0.4, -0.2) is 43.7 Å². The number of ether oxygens (including phenoxy) is 1. The Balaban J connectivity index is 1.78. The van der Waals surface area contributed by atoms with Crippen LogP contribution in [0.25, 0.3) is 0 Å². The molecular weight excluding hydrogens is 297 g/mol. The van der Waals surface area contributed by atoms with Crippen molar-refractivity contribution in [3.8, 4) is 5.75 Å². The van der Waals surface area contributed by atoms with E-state index >= 15 is 0 Å². The topological polar surface area (TPSA) is 53.6 Å². The number of carbonyl (C=O) groups is 1. The molecule has 1 aliphatic rings. The molecule has 2 N–H and O–H groups in total. The molecule has 1 atom stereocenters. The van der Waals surface area contributed by atoms with Gasteiger partial charge >= 0.3 is 6.03 Å². The summed E-state index contributed by atoms with van der Waals surface area (Å²) in [6, 6.07) is 4.01. The number of urea groups is 1. The number of halogens is 1. The van der Waals surface area contributed by atoms with Gasteiger partial charge in [-0.3, -0.25) is 4.90 Å². The summed E-state index contributed by atoms with van der Waals surface area (Å²) < 4.78 is 19.1. The fraction of sp³-hybridized carbons (Fsp3) is 0.471. The summed E-state index contributed by atoms with van der Waals surface area (Å²) in [6.07, 6.45) is 2.93. The Morgan fingerprint density at radius 2 is 2.39 bits per heavy atom. The molecule has 126 valence electrons. The lowest BCUT2D eigenvalue weighted by atomic mass is 10.1. The van der Waals surface area contributed by atoms with Crippen LogP contribution < -0.4 is 15.4 Å². The summed E-state index contributed by atoms with van der Waals surface area (Å²) in [5, 5.41) is 5.33. The fourth-order valence-electron chi connectivity index (χ4n) is 2.69. The minimum Gasteiger partial charge on any atom is -0.494 e. The highest BCUT2D eigenvalue weighted by Gasteiger charge is 2.21. The van der Waals surface area contributed by atoms with Crippen LogP contribution in [0.15, 0.2) is 30.9 Å². The maximum atomic E-state index is 13.9. The Morgan fingerprint density at radius 1 is 1.57 bits per heavy atom. The van der Waals surface area contributed by atoms with Gasteiger partial charge in [0.15, 0.2) is 0 Å². The first-order valence-corrected chi connectivity index (χ1v) is 7.92. The molecule has 0 spiro atoms. The van der Waals surface area contributed by atoms with Crippen LogP contribution in [0.4, 0.5) is 14.9 Å². The predicted molar refractivity (Wildman–Crippen MR) is 89.3 cm³/mol. The van der Waals surface area contributed by atoms with E-state index in [1.165, 1.54) is 12.1 Å². The molecule has 5 nitrogen and oxygen atoms in total. The molecule has 1 unspecified atom stereocenters. The first kappa shape index (κ1) is 17.3. The molecule has 1 heterocycles. The van der Waals surface area contributed by atoms with Crippen LogP contribution in [0, 0.1) is 11.7 Å². The smallest absolute Gasteiger partial charge is 0.319 e. The van der Waals surface area contributed by atoms with Crippen molar-refractivity contribution in [2.24, 2.45) is 5.92 Å². The molecule has 1 aromatic rings. The third-order valence-electron chi connectivity index (χ3n) is 3.81. The van der Waals surface area contributed by atoms with Crippen LogP contribution in [0.1, 0.15) is 13.3 Å². The molecule has 6 heteroatoms. The van der Waals surface area contributed by atoms with Gasteiger partial charge in [0.2, 0.25) is 0 Å². The molecule has 0 aromatic heterocycles. The number of hydrogen-bond acceptors (Lipinski definition) is 3. The second-order valence-corrected chi connectivity index (χ2v) is 5.61. The molecule has 2 amide bonds. The molecule has 0 aliphatic carbocycles. The number of rotatable bonds is 7. The highest BCUT2D eigenvalue weighted by atomic mass is 19.1. The van der Waals surface area contributed by atoms with Crippen molar-refractivity contribution in [3.05, 3.63) is 36.7 Å². The quantitative estimate of drug-likeness (QED) is 0.759. The maximum Gasteiger partial charge on any atom is 0.319 e. The molecule has 1 aromatic carbocycles. The number of hydrogen-bond donors (Lipinski definition) is 2. The van der Waals surface area contributed by atoms with Gasteiger partial charge in [0.1, 0.15) is 11.6 Å². The summed E-state index contributed by atoms with van der Waals surface area (Å²) in [6.45, 7) is 9.46. The maximum absolute atomic E-state index is 13.9. The number of likely N-dealkylation sites (tertiary alicyclic amines) is 1. The van der Waals surface area contributed by atoms with Crippen molar-refractivity contribution in [2.45, 2.75) is 13.3 Å². The van der Waals surface area contributed by atoms with Gasteiger partial charge in [-0.25, -0.2) is 9.18 Å². The van der Waals surface area contributed by atoms with Gasteiger partial charge in [-0.2, -0.15) is 0 Å². The zero-order valence-electron chi connectivity index (χ0n) is 13.5. The van der Waals surface area contributed by atoms with E-state index in [0.29, 0.717) is 24.8 Å². The van der Waals surface area contributed by atoms with E-state index < -0.39 is 11.8 Å². The number of anilines is 1. The SMILES string of the molecule is C=CCN1CCC(CNC(=O)Nc2ccc(OCC)cc2F)C1. The first-order valence-electron chi connectivity index (χ1n) is 7.92. The van der Waals surface area contributed by atoms with Crippen molar-refractivity contribution < 1.29 is 13.9 Å². The highest BCUT2D eigenvalue weighted by molar-refractivity contribution is 5.89. The molecule has 2 rings (SSSR count). The number of nitrogens with zero attached hydrogens (tertiary/aromatic N) is 1. The minimum atomic E-state index is -0.510. The van der Waals surface area contributed by atoms with E-state index in [1.54, 1.807) is 6.07 Å². The third-order valence-corrected chi connectivity index (χ3v) is 3.81. The summed E-state index contributed by atoms with van der Waals surface area (Å²) in [5.74, 6) is 0.360. The summed E-state index contributed by atoms with van der Waals surface area (Å²) in [7, 11) is 0. The van der Waals surface area contributed by atoms with Crippen molar-refractivity contribution >= 4 is 11.7 Å². The molecule has 1 saturated heterocycles. The Bertz CT molecular complexity index is 551. The number of benzene rings is 1.